The smallest absolute Gasteiger partial charge is 0.122 e. The fourth-order valence-electron chi connectivity index (χ4n) is 2.93. The summed E-state index contributed by atoms with van der Waals surface area (Å²) in [6, 6.07) is 6.41. The van der Waals surface area contributed by atoms with Gasteiger partial charge in [0, 0.05) is 6.04 Å². The third kappa shape index (κ3) is 3.73. The van der Waals surface area contributed by atoms with Gasteiger partial charge in [0.05, 0.1) is 6.10 Å². The van der Waals surface area contributed by atoms with Gasteiger partial charge in [-0.05, 0) is 62.6 Å². The van der Waals surface area contributed by atoms with E-state index in [0.717, 1.165) is 11.7 Å². The lowest BCUT2D eigenvalue weighted by atomic mass is 9.86. The molecule has 2 rings (SSSR count). The van der Waals surface area contributed by atoms with Crippen LogP contribution in [-0.2, 0) is 0 Å². The lowest BCUT2D eigenvalue weighted by Crippen LogP contribution is -2.24. The van der Waals surface area contributed by atoms with Crippen LogP contribution in [0.2, 0.25) is 0 Å². The first-order valence-corrected chi connectivity index (χ1v) is 7.63. The zero-order valence-electron chi connectivity index (χ0n) is 12.5. The molecule has 1 saturated carbocycles. The Kier molecular flexibility index (Phi) is 4.87. The Morgan fingerprint density at radius 1 is 1.26 bits per heavy atom. The van der Waals surface area contributed by atoms with E-state index in [-0.39, 0.29) is 6.04 Å². The highest BCUT2D eigenvalue weighted by Gasteiger charge is 2.21. The molecule has 106 valence electrons. The average Bonchev–Trinajstić information content (AvgIpc) is 2.41. The van der Waals surface area contributed by atoms with Crippen LogP contribution in [0.25, 0.3) is 0 Å². The topological polar surface area (TPSA) is 35.2 Å². The number of aryl methyl sites for hydroxylation is 1. The first kappa shape index (κ1) is 14.4. The number of nitrogens with two attached hydrogens (primary N) is 1. The largest absolute Gasteiger partial charge is 0.490 e. The molecular formula is C17H27NO. The van der Waals surface area contributed by atoms with Crippen molar-refractivity contribution in [2.45, 2.75) is 65.0 Å². The average molecular weight is 261 g/mol. The second-order valence-electron chi connectivity index (χ2n) is 5.98. The summed E-state index contributed by atoms with van der Waals surface area (Å²) in [4.78, 5) is 0. The molecule has 0 aromatic heterocycles. The Bertz CT molecular complexity index is 406. The molecule has 0 saturated heterocycles. The van der Waals surface area contributed by atoms with Gasteiger partial charge in [0.2, 0.25) is 0 Å². The van der Waals surface area contributed by atoms with Crippen molar-refractivity contribution < 1.29 is 4.74 Å². The lowest BCUT2D eigenvalue weighted by molar-refractivity contribution is 0.129. The van der Waals surface area contributed by atoms with E-state index in [1.54, 1.807) is 0 Å². The Morgan fingerprint density at radius 2 is 1.95 bits per heavy atom. The quantitative estimate of drug-likeness (QED) is 0.874. The van der Waals surface area contributed by atoms with Crippen LogP contribution >= 0.6 is 0 Å². The Morgan fingerprint density at radius 3 is 2.47 bits per heavy atom. The van der Waals surface area contributed by atoms with Gasteiger partial charge in [0.15, 0.2) is 0 Å². The first-order chi connectivity index (χ1) is 9.10. The highest BCUT2D eigenvalue weighted by atomic mass is 16.5. The van der Waals surface area contributed by atoms with Gasteiger partial charge >= 0.3 is 0 Å². The number of benzene rings is 1. The van der Waals surface area contributed by atoms with E-state index < -0.39 is 0 Å². The van der Waals surface area contributed by atoms with E-state index in [9.17, 15) is 0 Å². The zero-order valence-corrected chi connectivity index (χ0v) is 12.5. The normalized spacial score (nSPS) is 25.1. The van der Waals surface area contributed by atoms with Gasteiger partial charge in [-0.3, -0.25) is 0 Å². The number of hydrogen-bond acceptors (Lipinski definition) is 2. The molecule has 1 aliphatic rings. The van der Waals surface area contributed by atoms with E-state index in [4.69, 9.17) is 10.5 Å². The summed E-state index contributed by atoms with van der Waals surface area (Å²) in [5.41, 5.74) is 8.29. The van der Waals surface area contributed by atoms with Gasteiger partial charge < -0.3 is 10.5 Å². The van der Waals surface area contributed by atoms with Crippen molar-refractivity contribution in [3.8, 4) is 5.75 Å². The zero-order chi connectivity index (χ0) is 13.8. The molecule has 1 unspecified atom stereocenters. The van der Waals surface area contributed by atoms with Crippen LogP contribution in [0, 0.1) is 12.8 Å². The van der Waals surface area contributed by atoms with Crippen molar-refractivity contribution >= 4 is 0 Å². The number of hydrogen-bond donors (Lipinski definition) is 1. The minimum absolute atomic E-state index is 0.0905. The summed E-state index contributed by atoms with van der Waals surface area (Å²) >= 11 is 0. The Labute approximate surface area is 117 Å². The van der Waals surface area contributed by atoms with E-state index in [2.05, 4.69) is 32.0 Å². The van der Waals surface area contributed by atoms with Gasteiger partial charge in [-0.2, -0.15) is 0 Å². The fourth-order valence-corrected chi connectivity index (χ4v) is 2.93. The molecule has 2 N–H and O–H groups in total. The van der Waals surface area contributed by atoms with Gasteiger partial charge in [-0.15, -0.1) is 0 Å². The van der Waals surface area contributed by atoms with Gasteiger partial charge in [-0.1, -0.05) is 25.5 Å². The molecular weight excluding hydrogens is 234 g/mol. The molecule has 2 nitrogen and oxygen atoms in total. The minimum atomic E-state index is 0.0905. The van der Waals surface area contributed by atoms with Crippen molar-refractivity contribution in [3.05, 3.63) is 29.3 Å². The molecule has 1 aromatic carbocycles. The molecule has 0 aliphatic heterocycles. The van der Waals surface area contributed by atoms with Crippen LogP contribution in [0.1, 0.15) is 63.1 Å². The molecule has 19 heavy (non-hydrogen) atoms. The Hall–Kier alpha value is -1.02. The van der Waals surface area contributed by atoms with Crippen LogP contribution in [0.5, 0.6) is 5.75 Å². The maximum Gasteiger partial charge on any atom is 0.122 e. The lowest BCUT2D eigenvalue weighted by Gasteiger charge is -2.29. The maximum atomic E-state index is 6.17. The minimum Gasteiger partial charge on any atom is -0.490 e. The molecule has 0 radical (unpaired) electrons. The molecule has 2 heteroatoms. The summed E-state index contributed by atoms with van der Waals surface area (Å²) in [5, 5.41) is 0. The highest BCUT2D eigenvalue weighted by Crippen LogP contribution is 2.31. The monoisotopic (exact) mass is 261 g/mol. The van der Waals surface area contributed by atoms with Gasteiger partial charge in [-0.25, -0.2) is 0 Å². The number of ether oxygens (including phenoxy) is 1. The van der Waals surface area contributed by atoms with Crippen LogP contribution in [0.3, 0.4) is 0 Å². The fraction of sp³-hybridized carbons (Fsp3) is 0.647. The van der Waals surface area contributed by atoms with Crippen LogP contribution in [0.4, 0.5) is 0 Å². The third-order valence-electron chi connectivity index (χ3n) is 4.39. The van der Waals surface area contributed by atoms with Crippen LogP contribution < -0.4 is 10.5 Å². The van der Waals surface area contributed by atoms with Crippen LogP contribution in [-0.4, -0.2) is 6.10 Å². The van der Waals surface area contributed by atoms with E-state index in [1.165, 1.54) is 43.2 Å². The summed E-state index contributed by atoms with van der Waals surface area (Å²) in [6.07, 6.45) is 6.76. The van der Waals surface area contributed by atoms with Crippen molar-refractivity contribution in [3.63, 3.8) is 0 Å². The van der Waals surface area contributed by atoms with E-state index >= 15 is 0 Å². The molecule has 0 spiro atoms. The Balaban J connectivity index is 1.96. The van der Waals surface area contributed by atoms with Crippen molar-refractivity contribution in [2.75, 3.05) is 0 Å². The molecule has 1 atom stereocenters. The summed E-state index contributed by atoms with van der Waals surface area (Å²) < 4.78 is 6.17. The summed E-state index contributed by atoms with van der Waals surface area (Å²) in [7, 11) is 0. The van der Waals surface area contributed by atoms with E-state index in [1.807, 2.05) is 6.92 Å². The predicted molar refractivity (Wildman–Crippen MR) is 80.4 cm³/mol. The highest BCUT2D eigenvalue weighted by molar-refractivity contribution is 5.37. The molecule has 1 aliphatic carbocycles. The number of rotatable bonds is 4. The summed E-state index contributed by atoms with van der Waals surface area (Å²) in [5.74, 6) is 1.95. The van der Waals surface area contributed by atoms with E-state index in [0.29, 0.717) is 6.10 Å². The van der Waals surface area contributed by atoms with Crippen LogP contribution in [0.15, 0.2) is 18.2 Å². The third-order valence-corrected chi connectivity index (χ3v) is 4.39. The first-order valence-electron chi connectivity index (χ1n) is 7.63. The van der Waals surface area contributed by atoms with Crippen molar-refractivity contribution in [1.82, 2.24) is 0 Å². The SMILES string of the molecule is CCC1CCC(Oc2ccc(C(C)N)cc2C)CC1. The standard InChI is InChI=1S/C17H27NO/c1-4-14-5-8-16(9-6-14)19-17-10-7-15(13(3)18)11-12(17)2/h7,10-11,13-14,16H,4-6,8-9,18H2,1-3H3. The van der Waals surface area contributed by atoms with Gasteiger partial charge in [0.25, 0.3) is 0 Å². The molecule has 0 bridgehead atoms. The van der Waals surface area contributed by atoms with Gasteiger partial charge in [0.1, 0.15) is 5.75 Å². The maximum absolute atomic E-state index is 6.17. The van der Waals surface area contributed by atoms with Crippen molar-refractivity contribution in [1.29, 1.82) is 0 Å². The second-order valence-corrected chi connectivity index (χ2v) is 5.98. The molecule has 0 amide bonds. The molecule has 1 fully saturated rings. The predicted octanol–water partition coefficient (Wildman–Crippen LogP) is 4.36. The molecule has 1 aromatic rings. The summed E-state index contributed by atoms with van der Waals surface area (Å²) in [6.45, 7) is 6.42. The second kappa shape index (κ2) is 6.42. The molecule has 0 heterocycles. The van der Waals surface area contributed by atoms with Crippen molar-refractivity contribution in [2.24, 2.45) is 11.7 Å².